The summed E-state index contributed by atoms with van der Waals surface area (Å²) >= 11 is 1.99. The lowest BCUT2D eigenvalue weighted by molar-refractivity contribution is 0.115. The lowest BCUT2D eigenvalue weighted by Gasteiger charge is -2.07. The molecule has 16 heavy (non-hydrogen) atoms. The zero-order valence-corrected chi connectivity index (χ0v) is 11.8. The summed E-state index contributed by atoms with van der Waals surface area (Å²) in [6.07, 6.45) is 4.18. The van der Waals surface area contributed by atoms with E-state index in [9.17, 15) is 4.79 Å². The second kappa shape index (κ2) is 7.01. The fourth-order valence-electron chi connectivity index (χ4n) is 1.17. The van der Waals surface area contributed by atoms with Crippen LogP contribution in [0.3, 0.4) is 0 Å². The molecule has 0 aliphatic rings. The highest BCUT2D eigenvalue weighted by Crippen LogP contribution is 1.99. The normalized spacial score (nSPS) is 11.0. The fourth-order valence-corrected chi connectivity index (χ4v) is 1.64. The lowest BCUT2D eigenvalue weighted by Crippen LogP contribution is -2.24. The molecule has 0 fully saturated rings. The van der Waals surface area contributed by atoms with Crippen LogP contribution in [0, 0.1) is 9.49 Å². The molecule has 0 aliphatic heterocycles. The standard InChI is InChI=1S/C11H17IN2O2/c1-9(2)3-5-16-6-4-14-8-13-7-10(12)11(14)15/h7-9H,3-6H2,1-2H3. The lowest BCUT2D eigenvalue weighted by atomic mass is 10.1. The molecule has 1 aromatic rings. The summed E-state index contributed by atoms with van der Waals surface area (Å²) < 4.78 is 7.67. The third kappa shape index (κ3) is 4.61. The van der Waals surface area contributed by atoms with Gasteiger partial charge in [-0.25, -0.2) is 4.98 Å². The average molecular weight is 336 g/mol. The van der Waals surface area contributed by atoms with E-state index in [1.165, 1.54) is 0 Å². The number of ether oxygens (including phenoxy) is 1. The maximum atomic E-state index is 11.6. The van der Waals surface area contributed by atoms with Crippen LogP contribution >= 0.6 is 22.6 Å². The Bertz CT molecular complexity index is 376. The van der Waals surface area contributed by atoms with Gasteiger partial charge in [0.05, 0.1) is 23.0 Å². The molecule has 0 N–H and O–H groups in total. The third-order valence-electron chi connectivity index (χ3n) is 2.18. The molecule has 0 saturated heterocycles. The molecule has 5 heteroatoms. The van der Waals surface area contributed by atoms with Gasteiger partial charge in [0.15, 0.2) is 0 Å². The zero-order chi connectivity index (χ0) is 12.0. The zero-order valence-electron chi connectivity index (χ0n) is 9.65. The van der Waals surface area contributed by atoms with Gasteiger partial charge in [-0.05, 0) is 34.9 Å². The van der Waals surface area contributed by atoms with Gasteiger partial charge < -0.3 is 4.74 Å². The highest BCUT2D eigenvalue weighted by atomic mass is 127. The number of halogens is 1. The Kier molecular flexibility index (Phi) is 5.97. The predicted molar refractivity (Wildman–Crippen MR) is 71.5 cm³/mol. The maximum absolute atomic E-state index is 11.6. The van der Waals surface area contributed by atoms with Crippen molar-refractivity contribution < 1.29 is 4.74 Å². The Morgan fingerprint density at radius 2 is 2.25 bits per heavy atom. The van der Waals surface area contributed by atoms with Gasteiger partial charge in [-0.2, -0.15) is 0 Å². The van der Waals surface area contributed by atoms with E-state index < -0.39 is 0 Å². The second-order valence-electron chi connectivity index (χ2n) is 4.04. The predicted octanol–water partition coefficient (Wildman–Crippen LogP) is 1.91. The summed E-state index contributed by atoms with van der Waals surface area (Å²) in [5.74, 6) is 0.655. The van der Waals surface area contributed by atoms with Gasteiger partial charge in [0.2, 0.25) is 0 Å². The monoisotopic (exact) mass is 336 g/mol. The molecule has 1 rings (SSSR count). The van der Waals surface area contributed by atoms with Crippen molar-refractivity contribution in [1.82, 2.24) is 9.55 Å². The van der Waals surface area contributed by atoms with Crippen LogP contribution in [-0.4, -0.2) is 22.8 Å². The minimum absolute atomic E-state index is 0.00283. The van der Waals surface area contributed by atoms with E-state index in [1.807, 2.05) is 22.6 Å². The summed E-state index contributed by atoms with van der Waals surface area (Å²) in [6.45, 7) is 6.22. The molecule has 0 atom stereocenters. The molecule has 90 valence electrons. The van der Waals surface area contributed by atoms with Crippen molar-refractivity contribution in [2.75, 3.05) is 13.2 Å². The molecule has 1 heterocycles. The van der Waals surface area contributed by atoms with Gasteiger partial charge in [0.25, 0.3) is 5.56 Å². The van der Waals surface area contributed by atoms with E-state index in [0.717, 1.165) is 13.0 Å². The molecular weight excluding hydrogens is 319 g/mol. The van der Waals surface area contributed by atoms with Crippen LogP contribution in [0.4, 0.5) is 0 Å². The van der Waals surface area contributed by atoms with Crippen molar-refractivity contribution in [1.29, 1.82) is 0 Å². The molecular formula is C11H17IN2O2. The minimum Gasteiger partial charge on any atom is -0.380 e. The molecule has 0 amide bonds. The molecule has 0 bridgehead atoms. The Labute approximate surface area is 109 Å². The number of rotatable bonds is 6. The summed E-state index contributed by atoms with van der Waals surface area (Å²) in [4.78, 5) is 15.6. The van der Waals surface area contributed by atoms with Crippen molar-refractivity contribution in [3.8, 4) is 0 Å². The van der Waals surface area contributed by atoms with Crippen LogP contribution in [0.15, 0.2) is 17.3 Å². The Hall–Kier alpha value is -0.430. The van der Waals surface area contributed by atoms with E-state index in [0.29, 0.717) is 22.6 Å². The van der Waals surface area contributed by atoms with E-state index in [1.54, 1.807) is 17.1 Å². The first-order chi connectivity index (χ1) is 7.61. The molecule has 0 radical (unpaired) electrons. The fraction of sp³-hybridized carbons (Fsp3) is 0.636. The van der Waals surface area contributed by atoms with Gasteiger partial charge in [0.1, 0.15) is 0 Å². The van der Waals surface area contributed by atoms with Gasteiger partial charge >= 0.3 is 0 Å². The number of aromatic nitrogens is 2. The van der Waals surface area contributed by atoms with Gasteiger partial charge in [-0.15, -0.1) is 0 Å². The van der Waals surface area contributed by atoms with E-state index >= 15 is 0 Å². The molecule has 0 unspecified atom stereocenters. The van der Waals surface area contributed by atoms with Crippen LogP contribution in [0.5, 0.6) is 0 Å². The van der Waals surface area contributed by atoms with Crippen molar-refractivity contribution in [2.45, 2.75) is 26.8 Å². The smallest absolute Gasteiger partial charge is 0.266 e. The minimum atomic E-state index is 0.00283. The average Bonchev–Trinajstić information content (AvgIpc) is 2.23. The summed E-state index contributed by atoms with van der Waals surface area (Å²) in [5.41, 5.74) is 0.00283. The maximum Gasteiger partial charge on any atom is 0.266 e. The number of hydrogen-bond acceptors (Lipinski definition) is 3. The second-order valence-corrected chi connectivity index (χ2v) is 5.20. The van der Waals surface area contributed by atoms with Crippen molar-refractivity contribution in [3.05, 3.63) is 26.4 Å². The van der Waals surface area contributed by atoms with Crippen molar-refractivity contribution >= 4 is 22.6 Å². The molecule has 0 aliphatic carbocycles. The molecule has 0 spiro atoms. The van der Waals surface area contributed by atoms with Crippen molar-refractivity contribution in [3.63, 3.8) is 0 Å². The SMILES string of the molecule is CC(C)CCOCCn1cncc(I)c1=O. The Morgan fingerprint density at radius 1 is 1.50 bits per heavy atom. The van der Waals surface area contributed by atoms with Crippen molar-refractivity contribution in [2.24, 2.45) is 5.92 Å². The Balaban J connectivity index is 2.32. The van der Waals surface area contributed by atoms with E-state index in [-0.39, 0.29) is 5.56 Å². The summed E-state index contributed by atoms with van der Waals surface area (Å²) in [5, 5.41) is 0. The van der Waals surface area contributed by atoms with Gasteiger partial charge in [-0.3, -0.25) is 9.36 Å². The first-order valence-electron chi connectivity index (χ1n) is 5.39. The highest BCUT2D eigenvalue weighted by molar-refractivity contribution is 14.1. The summed E-state index contributed by atoms with van der Waals surface area (Å²) in [6, 6.07) is 0. The molecule has 0 saturated carbocycles. The largest absolute Gasteiger partial charge is 0.380 e. The van der Waals surface area contributed by atoms with Crippen LogP contribution in [-0.2, 0) is 11.3 Å². The van der Waals surface area contributed by atoms with Crippen LogP contribution in [0.2, 0.25) is 0 Å². The Morgan fingerprint density at radius 3 is 2.94 bits per heavy atom. The first kappa shape index (κ1) is 13.6. The third-order valence-corrected chi connectivity index (χ3v) is 2.92. The van der Waals surface area contributed by atoms with E-state index in [2.05, 4.69) is 18.8 Å². The van der Waals surface area contributed by atoms with Gasteiger partial charge in [-0.1, -0.05) is 13.8 Å². The molecule has 1 aromatic heterocycles. The number of nitrogens with zero attached hydrogens (tertiary/aromatic N) is 2. The van der Waals surface area contributed by atoms with Crippen LogP contribution in [0.1, 0.15) is 20.3 Å². The van der Waals surface area contributed by atoms with Crippen LogP contribution in [0.25, 0.3) is 0 Å². The highest BCUT2D eigenvalue weighted by Gasteiger charge is 2.00. The molecule has 0 aromatic carbocycles. The summed E-state index contributed by atoms with van der Waals surface area (Å²) in [7, 11) is 0. The quantitative estimate of drug-likeness (QED) is 0.589. The van der Waals surface area contributed by atoms with Gasteiger partial charge in [0, 0.05) is 12.8 Å². The first-order valence-corrected chi connectivity index (χ1v) is 6.47. The van der Waals surface area contributed by atoms with Crippen LogP contribution < -0.4 is 5.56 Å². The molecule has 4 nitrogen and oxygen atoms in total. The van der Waals surface area contributed by atoms with E-state index in [4.69, 9.17) is 4.74 Å². The topological polar surface area (TPSA) is 44.1 Å². The number of hydrogen-bond donors (Lipinski definition) is 0.